The first-order chi connectivity index (χ1) is 7.02. The molecule has 1 unspecified atom stereocenters. The second-order valence-electron chi connectivity index (χ2n) is 4.70. The number of carbonyl (C=O) groups is 1. The summed E-state index contributed by atoms with van der Waals surface area (Å²) in [4.78, 5) is 13.7. The van der Waals surface area contributed by atoms with Crippen LogP contribution in [0.4, 0.5) is 0 Å². The molecule has 88 valence electrons. The highest BCUT2D eigenvalue weighted by atomic mass is 16.5. The Balaban J connectivity index is 2.43. The summed E-state index contributed by atoms with van der Waals surface area (Å²) in [5, 5.41) is 0. The van der Waals surface area contributed by atoms with Gasteiger partial charge in [-0.3, -0.25) is 4.79 Å². The molecule has 4 heteroatoms. The Kier molecular flexibility index (Phi) is 4.54. The summed E-state index contributed by atoms with van der Waals surface area (Å²) in [7, 11) is 1.82. The number of nitrogens with two attached hydrogens (primary N) is 1. The molecular formula is C11H22N2O2. The van der Waals surface area contributed by atoms with Crippen molar-refractivity contribution in [2.45, 2.75) is 38.8 Å². The van der Waals surface area contributed by atoms with Gasteiger partial charge in [0, 0.05) is 13.7 Å². The summed E-state index contributed by atoms with van der Waals surface area (Å²) in [5.41, 5.74) is 5.85. The maximum atomic E-state index is 11.9. The third kappa shape index (κ3) is 3.47. The normalized spacial score (nSPS) is 23.1. The Morgan fingerprint density at radius 2 is 2.27 bits per heavy atom. The van der Waals surface area contributed by atoms with E-state index < -0.39 is 0 Å². The Labute approximate surface area is 91.8 Å². The van der Waals surface area contributed by atoms with Crippen LogP contribution in [0.1, 0.15) is 26.7 Å². The van der Waals surface area contributed by atoms with Crippen LogP contribution in [0.3, 0.4) is 0 Å². The predicted molar refractivity (Wildman–Crippen MR) is 59.4 cm³/mol. The minimum absolute atomic E-state index is 0.0409. The topological polar surface area (TPSA) is 55.6 Å². The van der Waals surface area contributed by atoms with Crippen LogP contribution >= 0.6 is 0 Å². The van der Waals surface area contributed by atoms with E-state index >= 15 is 0 Å². The van der Waals surface area contributed by atoms with Crippen molar-refractivity contribution in [1.29, 1.82) is 0 Å². The molecule has 0 aromatic heterocycles. The van der Waals surface area contributed by atoms with Crippen LogP contribution in [-0.2, 0) is 9.53 Å². The molecule has 0 saturated carbocycles. The SMILES string of the molecule is CC(C)C[C@H](N)C(=O)N(C)C1CCOC1. The lowest BCUT2D eigenvalue weighted by atomic mass is 10.0. The molecule has 0 aliphatic carbocycles. The van der Waals surface area contributed by atoms with Gasteiger partial charge in [0.15, 0.2) is 0 Å². The Morgan fingerprint density at radius 3 is 2.73 bits per heavy atom. The van der Waals surface area contributed by atoms with Gasteiger partial charge in [-0.1, -0.05) is 13.8 Å². The van der Waals surface area contributed by atoms with E-state index in [1.165, 1.54) is 0 Å². The van der Waals surface area contributed by atoms with E-state index in [1.54, 1.807) is 4.90 Å². The van der Waals surface area contributed by atoms with E-state index in [0.717, 1.165) is 19.4 Å². The number of ether oxygens (including phenoxy) is 1. The standard InChI is InChI=1S/C11H22N2O2/c1-8(2)6-10(12)11(14)13(3)9-4-5-15-7-9/h8-10H,4-7,12H2,1-3H3/t9?,10-/m0/s1. The summed E-state index contributed by atoms with van der Waals surface area (Å²) in [6.07, 6.45) is 1.67. The fourth-order valence-electron chi connectivity index (χ4n) is 1.88. The second-order valence-corrected chi connectivity index (χ2v) is 4.70. The highest BCUT2D eigenvalue weighted by Gasteiger charge is 2.27. The van der Waals surface area contributed by atoms with Crippen LogP contribution in [0, 0.1) is 5.92 Å². The van der Waals surface area contributed by atoms with Crippen molar-refractivity contribution in [1.82, 2.24) is 4.90 Å². The predicted octanol–water partition coefficient (Wildman–Crippen LogP) is 0.607. The smallest absolute Gasteiger partial charge is 0.239 e. The minimum Gasteiger partial charge on any atom is -0.379 e. The highest BCUT2D eigenvalue weighted by Crippen LogP contribution is 2.13. The minimum atomic E-state index is -0.365. The van der Waals surface area contributed by atoms with E-state index in [4.69, 9.17) is 10.5 Å². The van der Waals surface area contributed by atoms with E-state index in [2.05, 4.69) is 13.8 Å². The number of hydrogen-bond acceptors (Lipinski definition) is 3. The van der Waals surface area contributed by atoms with Crippen LogP contribution in [0.2, 0.25) is 0 Å². The first kappa shape index (κ1) is 12.5. The number of likely N-dealkylation sites (N-methyl/N-ethyl adjacent to an activating group) is 1. The van der Waals surface area contributed by atoms with Crippen LogP contribution in [0.25, 0.3) is 0 Å². The molecule has 1 aliphatic heterocycles. The molecule has 1 aliphatic rings. The molecular weight excluding hydrogens is 192 g/mol. The van der Waals surface area contributed by atoms with Gasteiger partial charge in [-0.2, -0.15) is 0 Å². The van der Waals surface area contributed by atoms with Crippen molar-refractivity contribution >= 4 is 5.91 Å². The van der Waals surface area contributed by atoms with Crippen molar-refractivity contribution in [2.24, 2.45) is 11.7 Å². The molecule has 1 heterocycles. The summed E-state index contributed by atoms with van der Waals surface area (Å²) >= 11 is 0. The third-order valence-corrected chi connectivity index (χ3v) is 2.84. The molecule has 2 atom stereocenters. The van der Waals surface area contributed by atoms with Crippen LogP contribution < -0.4 is 5.73 Å². The van der Waals surface area contributed by atoms with Gasteiger partial charge in [0.05, 0.1) is 18.7 Å². The molecule has 0 aromatic rings. The van der Waals surface area contributed by atoms with Gasteiger partial charge < -0.3 is 15.4 Å². The molecule has 1 rings (SSSR count). The van der Waals surface area contributed by atoms with Gasteiger partial charge in [0.25, 0.3) is 0 Å². The number of nitrogens with zero attached hydrogens (tertiary/aromatic N) is 1. The molecule has 2 N–H and O–H groups in total. The first-order valence-corrected chi connectivity index (χ1v) is 5.62. The summed E-state index contributed by atoms with van der Waals surface area (Å²) in [6.45, 7) is 5.55. The van der Waals surface area contributed by atoms with E-state index in [0.29, 0.717) is 12.5 Å². The molecule has 0 spiro atoms. The zero-order valence-electron chi connectivity index (χ0n) is 9.90. The Bertz CT molecular complexity index is 213. The lowest BCUT2D eigenvalue weighted by Crippen LogP contribution is -2.47. The zero-order chi connectivity index (χ0) is 11.4. The number of rotatable bonds is 4. The molecule has 0 bridgehead atoms. The maximum absolute atomic E-state index is 11.9. The fraction of sp³-hybridized carbons (Fsp3) is 0.909. The number of hydrogen-bond donors (Lipinski definition) is 1. The monoisotopic (exact) mass is 214 g/mol. The molecule has 0 aromatic carbocycles. The van der Waals surface area contributed by atoms with Gasteiger partial charge >= 0.3 is 0 Å². The van der Waals surface area contributed by atoms with Crippen molar-refractivity contribution in [2.75, 3.05) is 20.3 Å². The molecule has 0 radical (unpaired) electrons. The van der Waals surface area contributed by atoms with E-state index in [-0.39, 0.29) is 18.0 Å². The van der Waals surface area contributed by atoms with Crippen LogP contribution in [0.15, 0.2) is 0 Å². The van der Waals surface area contributed by atoms with Crippen LogP contribution in [-0.4, -0.2) is 43.2 Å². The lowest BCUT2D eigenvalue weighted by Gasteiger charge is -2.26. The lowest BCUT2D eigenvalue weighted by molar-refractivity contribution is -0.133. The van der Waals surface area contributed by atoms with Crippen molar-refractivity contribution < 1.29 is 9.53 Å². The van der Waals surface area contributed by atoms with Gasteiger partial charge in [0.1, 0.15) is 0 Å². The molecule has 4 nitrogen and oxygen atoms in total. The Morgan fingerprint density at radius 1 is 1.60 bits per heavy atom. The van der Waals surface area contributed by atoms with E-state index in [9.17, 15) is 4.79 Å². The Hall–Kier alpha value is -0.610. The summed E-state index contributed by atoms with van der Waals surface area (Å²) in [5.74, 6) is 0.497. The van der Waals surface area contributed by atoms with Crippen molar-refractivity contribution in [3.05, 3.63) is 0 Å². The van der Waals surface area contributed by atoms with Crippen LogP contribution in [0.5, 0.6) is 0 Å². The zero-order valence-corrected chi connectivity index (χ0v) is 9.90. The van der Waals surface area contributed by atoms with Crippen molar-refractivity contribution in [3.8, 4) is 0 Å². The second kappa shape index (κ2) is 5.47. The third-order valence-electron chi connectivity index (χ3n) is 2.84. The summed E-state index contributed by atoms with van der Waals surface area (Å²) in [6, 6.07) is -0.147. The molecule has 1 fully saturated rings. The van der Waals surface area contributed by atoms with Gasteiger partial charge in [-0.15, -0.1) is 0 Å². The fourth-order valence-corrected chi connectivity index (χ4v) is 1.88. The number of carbonyl (C=O) groups excluding carboxylic acids is 1. The number of amides is 1. The van der Waals surface area contributed by atoms with Gasteiger partial charge in [-0.25, -0.2) is 0 Å². The van der Waals surface area contributed by atoms with Crippen molar-refractivity contribution in [3.63, 3.8) is 0 Å². The quantitative estimate of drug-likeness (QED) is 0.746. The first-order valence-electron chi connectivity index (χ1n) is 5.62. The van der Waals surface area contributed by atoms with E-state index in [1.807, 2.05) is 7.05 Å². The highest BCUT2D eigenvalue weighted by molar-refractivity contribution is 5.81. The van der Waals surface area contributed by atoms with Gasteiger partial charge in [-0.05, 0) is 18.8 Å². The maximum Gasteiger partial charge on any atom is 0.239 e. The van der Waals surface area contributed by atoms with Gasteiger partial charge in [0.2, 0.25) is 5.91 Å². The molecule has 15 heavy (non-hydrogen) atoms. The molecule has 1 saturated heterocycles. The average Bonchev–Trinajstić information content (AvgIpc) is 2.67. The molecule has 1 amide bonds. The summed E-state index contributed by atoms with van der Waals surface area (Å²) < 4.78 is 5.25. The largest absolute Gasteiger partial charge is 0.379 e. The average molecular weight is 214 g/mol.